The minimum atomic E-state index is -1.14. The zero-order chi connectivity index (χ0) is 32.0. The van der Waals surface area contributed by atoms with Gasteiger partial charge >= 0.3 is 5.97 Å². The summed E-state index contributed by atoms with van der Waals surface area (Å²) in [6.07, 6.45) is 5.63. The standard InChI is InChI=1S/C33H45N5O6/c1-5-24-11-10-23-9-8-22(19-27(23)36-24)12-15-33(16-13-25(39)14-17-33)32(43)44-28(20(2)3)30(41)35-21(4)31(42)38-18-6-7-26(37-38)29(34)40/h8-12,15,19-21,25-26,28,37,39H,5-7,13-14,16-18H2,1-4H3,(H2,34,40)(H,35,41)/b15-12+/t21-,25?,26-,28?,33?/m0/s1. The van der Waals surface area contributed by atoms with E-state index in [0.29, 0.717) is 45.1 Å². The van der Waals surface area contributed by atoms with Crippen LogP contribution in [0.15, 0.2) is 36.4 Å². The number of amides is 3. The molecule has 11 heteroatoms. The first-order valence-electron chi connectivity index (χ1n) is 15.6. The molecule has 2 aromatic rings. The maximum absolute atomic E-state index is 13.9. The van der Waals surface area contributed by atoms with E-state index in [4.69, 9.17) is 15.5 Å². The molecule has 0 bridgehead atoms. The van der Waals surface area contributed by atoms with Gasteiger partial charge in [0.1, 0.15) is 12.1 Å². The van der Waals surface area contributed by atoms with Crippen molar-refractivity contribution in [2.75, 3.05) is 6.54 Å². The molecule has 1 aromatic heterocycles. The topological polar surface area (TPSA) is 164 Å². The van der Waals surface area contributed by atoms with Crippen LogP contribution in [0.1, 0.15) is 77.5 Å². The van der Waals surface area contributed by atoms with E-state index in [0.717, 1.165) is 28.6 Å². The van der Waals surface area contributed by atoms with E-state index in [1.54, 1.807) is 20.8 Å². The number of aliphatic hydroxyl groups excluding tert-OH is 1. The largest absolute Gasteiger partial charge is 0.451 e. The number of carbonyl (C=O) groups excluding carboxylic acids is 4. The Hall–Kier alpha value is -3.83. The number of carbonyl (C=O) groups is 4. The number of hydrazine groups is 1. The van der Waals surface area contributed by atoms with E-state index in [9.17, 15) is 24.3 Å². The van der Waals surface area contributed by atoms with Crippen LogP contribution >= 0.6 is 0 Å². The lowest BCUT2D eigenvalue weighted by Crippen LogP contribution is -2.60. The third-order valence-corrected chi connectivity index (χ3v) is 8.61. The molecule has 238 valence electrons. The maximum Gasteiger partial charge on any atom is 0.316 e. The van der Waals surface area contributed by atoms with Crippen LogP contribution in [0.5, 0.6) is 0 Å². The van der Waals surface area contributed by atoms with Crippen molar-refractivity contribution in [2.24, 2.45) is 17.1 Å². The molecule has 1 saturated heterocycles. The number of benzene rings is 1. The zero-order valence-electron chi connectivity index (χ0n) is 26.0. The van der Waals surface area contributed by atoms with Gasteiger partial charge in [-0.25, -0.2) is 5.43 Å². The molecule has 0 spiro atoms. The molecular weight excluding hydrogens is 562 g/mol. The highest BCUT2D eigenvalue weighted by atomic mass is 16.5. The number of pyridine rings is 1. The van der Waals surface area contributed by atoms with Gasteiger partial charge in [-0.3, -0.25) is 29.2 Å². The zero-order valence-corrected chi connectivity index (χ0v) is 26.0. The van der Waals surface area contributed by atoms with E-state index < -0.39 is 53.4 Å². The number of aromatic nitrogens is 1. The Morgan fingerprint density at radius 2 is 1.86 bits per heavy atom. The molecule has 1 saturated carbocycles. The van der Waals surface area contributed by atoms with Crippen LogP contribution in [0.2, 0.25) is 0 Å². The second kappa shape index (κ2) is 14.3. The van der Waals surface area contributed by atoms with Gasteiger partial charge < -0.3 is 20.9 Å². The van der Waals surface area contributed by atoms with E-state index in [1.807, 2.05) is 42.5 Å². The van der Waals surface area contributed by atoms with Gasteiger partial charge in [0.25, 0.3) is 11.8 Å². The molecule has 44 heavy (non-hydrogen) atoms. The van der Waals surface area contributed by atoms with Gasteiger partial charge in [-0.1, -0.05) is 51.1 Å². The van der Waals surface area contributed by atoms with Crippen molar-refractivity contribution >= 4 is 40.7 Å². The number of esters is 1. The average Bonchev–Trinajstić information content (AvgIpc) is 3.02. The molecule has 5 N–H and O–H groups in total. The number of fused-ring (bicyclic) bond motifs is 1. The van der Waals surface area contributed by atoms with Crippen LogP contribution in [0, 0.1) is 11.3 Å². The smallest absolute Gasteiger partial charge is 0.316 e. The minimum Gasteiger partial charge on any atom is -0.451 e. The van der Waals surface area contributed by atoms with Crippen molar-refractivity contribution in [2.45, 2.75) is 96.9 Å². The molecule has 1 unspecified atom stereocenters. The van der Waals surface area contributed by atoms with Gasteiger partial charge in [-0.2, -0.15) is 0 Å². The summed E-state index contributed by atoms with van der Waals surface area (Å²) in [6.45, 7) is 7.52. The molecule has 2 fully saturated rings. The van der Waals surface area contributed by atoms with Gasteiger partial charge in [-0.15, -0.1) is 0 Å². The molecule has 11 nitrogen and oxygen atoms in total. The lowest BCUT2D eigenvalue weighted by Gasteiger charge is -2.36. The molecule has 2 heterocycles. The van der Waals surface area contributed by atoms with Gasteiger partial charge in [0.15, 0.2) is 6.10 Å². The first kappa shape index (κ1) is 33.1. The highest BCUT2D eigenvalue weighted by Crippen LogP contribution is 2.40. The van der Waals surface area contributed by atoms with Crippen molar-refractivity contribution in [3.05, 3.63) is 47.7 Å². The number of nitrogens with one attached hydrogen (secondary N) is 2. The van der Waals surface area contributed by atoms with Gasteiger partial charge in [0.2, 0.25) is 5.91 Å². The Kier molecular flexibility index (Phi) is 10.7. The minimum absolute atomic E-state index is 0.372. The molecule has 1 aromatic carbocycles. The molecule has 1 aliphatic heterocycles. The number of rotatable bonds is 10. The second-order valence-corrected chi connectivity index (χ2v) is 12.3. The summed E-state index contributed by atoms with van der Waals surface area (Å²) in [5.74, 6) is -2.47. The molecule has 1 aliphatic carbocycles. The Labute approximate surface area is 258 Å². The summed E-state index contributed by atoms with van der Waals surface area (Å²) in [6, 6.07) is 8.40. The predicted octanol–water partition coefficient (Wildman–Crippen LogP) is 2.79. The SMILES string of the molecule is CCc1ccc2ccc(/C=C/C3(C(=O)OC(C(=O)N[C@@H](C)C(=O)N4CCC[C@@H](C(N)=O)N4)C(C)C)CCC(O)CC3)cc2n1. The van der Waals surface area contributed by atoms with Gasteiger partial charge in [0, 0.05) is 17.6 Å². The van der Waals surface area contributed by atoms with Crippen LogP contribution in [0.25, 0.3) is 17.0 Å². The number of aryl methyl sites for hydroxylation is 1. The van der Waals surface area contributed by atoms with E-state index in [1.165, 1.54) is 5.01 Å². The molecule has 3 amide bonds. The van der Waals surface area contributed by atoms with Crippen LogP contribution < -0.4 is 16.5 Å². The summed E-state index contributed by atoms with van der Waals surface area (Å²) < 4.78 is 5.92. The molecule has 3 atom stereocenters. The Bertz CT molecular complexity index is 1400. The number of nitrogens with two attached hydrogens (primary N) is 1. The van der Waals surface area contributed by atoms with Crippen LogP contribution in [0.4, 0.5) is 0 Å². The van der Waals surface area contributed by atoms with Crippen molar-refractivity contribution in [1.82, 2.24) is 20.7 Å². The first-order chi connectivity index (χ1) is 20.9. The first-order valence-corrected chi connectivity index (χ1v) is 15.6. The Morgan fingerprint density at radius 3 is 2.52 bits per heavy atom. The lowest BCUT2D eigenvalue weighted by molar-refractivity contribution is -0.168. The summed E-state index contributed by atoms with van der Waals surface area (Å²) in [4.78, 5) is 56.6. The highest BCUT2D eigenvalue weighted by molar-refractivity contribution is 5.91. The number of nitrogens with zero attached hydrogens (tertiary/aromatic N) is 2. The number of hydrogen-bond donors (Lipinski definition) is 4. The number of primary amides is 1. The molecular formula is C33H45N5O6. The highest BCUT2D eigenvalue weighted by Gasteiger charge is 2.43. The summed E-state index contributed by atoms with van der Waals surface area (Å²) >= 11 is 0. The number of ether oxygens (including phenoxy) is 1. The summed E-state index contributed by atoms with van der Waals surface area (Å²) in [7, 11) is 0. The molecule has 4 rings (SSSR count). The van der Waals surface area contributed by atoms with E-state index in [-0.39, 0.29) is 5.92 Å². The number of aliphatic hydroxyl groups is 1. The molecule has 0 radical (unpaired) electrons. The third-order valence-electron chi connectivity index (χ3n) is 8.61. The van der Waals surface area contributed by atoms with Crippen LogP contribution in [-0.4, -0.2) is 69.6 Å². The average molecular weight is 608 g/mol. The van der Waals surface area contributed by atoms with Gasteiger partial charge in [0.05, 0.1) is 17.0 Å². The summed E-state index contributed by atoms with van der Waals surface area (Å²) in [5, 5.41) is 15.2. The summed E-state index contributed by atoms with van der Waals surface area (Å²) in [5.41, 5.74) is 9.94. The lowest BCUT2D eigenvalue weighted by atomic mass is 9.72. The third kappa shape index (κ3) is 7.81. The van der Waals surface area contributed by atoms with Crippen molar-refractivity contribution in [3.8, 4) is 0 Å². The normalized spacial score (nSPS) is 23.8. The molecule has 2 aliphatic rings. The Morgan fingerprint density at radius 1 is 1.16 bits per heavy atom. The van der Waals surface area contributed by atoms with Crippen molar-refractivity contribution in [3.63, 3.8) is 0 Å². The van der Waals surface area contributed by atoms with E-state index >= 15 is 0 Å². The monoisotopic (exact) mass is 607 g/mol. The van der Waals surface area contributed by atoms with Gasteiger partial charge in [-0.05, 0) is 75.5 Å². The fraction of sp³-hybridized carbons (Fsp3) is 0.545. The number of hydrogen-bond acceptors (Lipinski definition) is 8. The fourth-order valence-electron chi connectivity index (χ4n) is 5.76. The van der Waals surface area contributed by atoms with Crippen LogP contribution in [0.3, 0.4) is 0 Å². The quantitative estimate of drug-likeness (QED) is 0.300. The maximum atomic E-state index is 13.9. The fourth-order valence-corrected chi connectivity index (χ4v) is 5.76. The second-order valence-electron chi connectivity index (χ2n) is 12.3. The van der Waals surface area contributed by atoms with Crippen molar-refractivity contribution < 1.29 is 29.0 Å². The van der Waals surface area contributed by atoms with Crippen molar-refractivity contribution in [1.29, 1.82) is 0 Å². The Balaban J connectivity index is 1.49. The van der Waals surface area contributed by atoms with E-state index in [2.05, 4.69) is 17.7 Å². The van der Waals surface area contributed by atoms with Crippen LogP contribution in [-0.2, 0) is 30.3 Å². The predicted molar refractivity (Wildman–Crippen MR) is 166 cm³/mol.